The number of methoxy groups -OCH3 is 2. The molecule has 0 radical (unpaired) electrons. The SMILES string of the molecule is COc1ccc(CCNC(=O)C2(C(=O)NCCC(C)C)CC2)cc1OC. The minimum atomic E-state index is -0.853. The predicted octanol–water partition coefficient (Wildman–Crippen LogP) is 2.30. The maximum Gasteiger partial charge on any atom is 0.235 e. The lowest BCUT2D eigenvalue weighted by atomic mass is 10.0. The Hall–Kier alpha value is -2.24. The molecule has 1 aliphatic rings. The van der Waals surface area contributed by atoms with E-state index in [2.05, 4.69) is 24.5 Å². The summed E-state index contributed by atoms with van der Waals surface area (Å²) in [5, 5.41) is 5.81. The third kappa shape index (κ3) is 4.90. The van der Waals surface area contributed by atoms with Gasteiger partial charge in [0, 0.05) is 13.1 Å². The molecule has 1 aromatic carbocycles. The molecule has 0 spiro atoms. The average Bonchev–Trinajstić information content (AvgIpc) is 3.43. The first-order valence-corrected chi connectivity index (χ1v) is 9.20. The molecule has 2 rings (SSSR count). The Balaban J connectivity index is 1.82. The molecule has 0 bridgehead atoms. The number of hydrogen-bond acceptors (Lipinski definition) is 4. The number of carbonyl (C=O) groups is 2. The Kier molecular flexibility index (Phi) is 6.89. The fourth-order valence-electron chi connectivity index (χ4n) is 2.85. The van der Waals surface area contributed by atoms with Gasteiger partial charge >= 0.3 is 0 Å². The number of hydrogen-bond donors (Lipinski definition) is 2. The van der Waals surface area contributed by atoms with Crippen LogP contribution in [0.2, 0.25) is 0 Å². The van der Waals surface area contributed by atoms with Crippen LogP contribution < -0.4 is 20.1 Å². The highest BCUT2D eigenvalue weighted by molar-refractivity contribution is 6.07. The highest BCUT2D eigenvalue weighted by Gasteiger charge is 2.56. The molecule has 0 atom stereocenters. The highest BCUT2D eigenvalue weighted by atomic mass is 16.5. The van der Waals surface area contributed by atoms with Gasteiger partial charge in [-0.2, -0.15) is 0 Å². The van der Waals surface area contributed by atoms with E-state index in [-0.39, 0.29) is 11.8 Å². The van der Waals surface area contributed by atoms with Gasteiger partial charge in [0.25, 0.3) is 0 Å². The van der Waals surface area contributed by atoms with Crippen LogP contribution in [0.15, 0.2) is 18.2 Å². The van der Waals surface area contributed by atoms with Crippen LogP contribution in [-0.4, -0.2) is 39.1 Å². The van der Waals surface area contributed by atoms with Crippen LogP contribution in [0.5, 0.6) is 11.5 Å². The Labute approximate surface area is 155 Å². The molecule has 2 amide bonds. The van der Waals surface area contributed by atoms with Crippen molar-refractivity contribution in [3.63, 3.8) is 0 Å². The molecule has 0 heterocycles. The lowest BCUT2D eigenvalue weighted by Gasteiger charge is -2.16. The van der Waals surface area contributed by atoms with Crippen LogP contribution in [-0.2, 0) is 16.0 Å². The number of ether oxygens (including phenoxy) is 2. The summed E-state index contributed by atoms with van der Waals surface area (Å²) in [6.45, 7) is 5.33. The van der Waals surface area contributed by atoms with Crippen molar-refractivity contribution < 1.29 is 19.1 Å². The third-order valence-corrected chi connectivity index (χ3v) is 4.77. The Morgan fingerprint density at radius 3 is 2.19 bits per heavy atom. The minimum Gasteiger partial charge on any atom is -0.493 e. The number of benzene rings is 1. The van der Waals surface area contributed by atoms with E-state index in [4.69, 9.17) is 9.47 Å². The molecule has 144 valence electrons. The molecule has 1 aromatic rings. The topological polar surface area (TPSA) is 76.7 Å². The van der Waals surface area contributed by atoms with E-state index in [1.54, 1.807) is 14.2 Å². The number of carbonyl (C=O) groups excluding carboxylic acids is 2. The molecule has 0 aromatic heterocycles. The van der Waals surface area contributed by atoms with Gasteiger partial charge in [0.15, 0.2) is 11.5 Å². The number of nitrogens with one attached hydrogen (secondary N) is 2. The summed E-state index contributed by atoms with van der Waals surface area (Å²) >= 11 is 0. The molecule has 1 fully saturated rings. The lowest BCUT2D eigenvalue weighted by molar-refractivity contribution is -0.137. The molecule has 1 aliphatic carbocycles. The number of amides is 2. The molecule has 0 saturated heterocycles. The molecular weight excluding hydrogens is 332 g/mol. The largest absolute Gasteiger partial charge is 0.493 e. The summed E-state index contributed by atoms with van der Waals surface area (Å²) in [4.78, 5) is 24.8. The zero-order valence-corrected chi connectivity index (χ0v) is 16.2. The third-order valence-electron chi connectivity index (χ3n) is 4.77. The zero-order chi connectivity index (χ0) is 19.2. The van der Waals surface area contributed by atoms with Crippen molar-refractivity contribution >= 4 is 11.8 Å². The monoisotopic (exact) mass is 362 g/mol. The maximum absolute atomic E-state index is 12.5. The molecular formula is C20H30N2O4. The quantitative estimate of drug-likeness (QED) is 0.626. The molecule has 0 unspecified atom stereocenters. The first kappa shape index (κ1) is 20.1. The van der Waals surface area contributed by atoms with E-state index >= 15 is 0 Å². The van der Waals surface area contributed by atoms with Crippen molar-refractivity contribution in [3.05, 3.63) is 23.8 Å². The van der Waals surface area contributed by atoms with E-state index in [0.717, 1.165) is 12.0 Å². The first-order chi connectivity index (χ1) is 12.4. The van der Waals surface area contributed by atoms with Crippen molar-refractivity contribution in [2.75, 3.05) is 27.3 Å². The molecule has 26 heavy (non-hydrogen) atoms. The molecule has 6 heteroatoms. The molecule has 2 N–H and O–H groups in total. The second-order valence-electron chi connectivity index (χ2n) is 7.22. The summed E-state index contributed by atoms with van der Waals surface area (Å²) < 4.78 is 10.5. The smallest absolute Gasteiger partial charge is 0.235 e. The van der Waals surface area contributed by atoms with E-state index in [9.17, 15) is 9.59 Å². The van der Waals surface area contributed by atoms with Gasteiger partial charge in [-0.1, -0.05) is 19.9 Å². The van der Waals surface area contributed by atoms with Crippen molar-refractivity contribution in [1.82, 2.24) is 10.6 Å². The molecule has 1 saturated carbocycles. The zero-order valence-electron chi connectivity index (χ0n) is 16.2. The van der Waals surface area contributed by atoms with E-state index in [0.29, 0.717) is 49.8 Å². The highest BCUT2D eigenvalue weighted by Crippen LogP contribution is 2.46. The Bertz CT molecular complexity index is 639. The Morgan fingerprint density at radius 1 is 1.04 bits per heavy atom. The fourth-order valence-corrected chi connectivity index (χ4v) is 2.85. The average molecular weight is 362 g/mol. The summed E-state index contributed by atoms with van der Waals surface area (Å²) in [7, 11) is 3.19. The van der Waals surface area contributed by atoms with Crippen LogP contribution >= 0.6 is 0 Å². The van der Waals surface area contributed by atoms with Gasteiger partial charge in [-0.15, -0.1) is 0 Å². The summed E-state index contributed by atoms with van der Waals surface area (Å²) in [5.41, 5.74) is 0.184. The van der Waals surface area contributed by atoms with Crippen molar-refractivity contribution in [3.8, 4) is 11.5 Å². The maximum atomic E-state index is 12.5. The molecule has 6 nitrogen and oxygen atoms in total. The normalized spacial score (nSPS) is 14.7. The van der Waals surface area contributed by atoms with Gasteiger partial charge in [-0.3, -0.25) is 9.59 Å². The minimum absolute atomic E-state index is 0.137. The van der Waals surface area contributed by atoms with Gasteiger partial charge in [0.2, 0.25) is 11.8 Å². The summed E-state index contributed by atoms with van der Waals surface area (Å²) in [6.07, 6.45) is 2.84. The van der Waals surface area contributed by atoms with Gasteiger partial charge in [-0.25, -0.2) is 0 Å². The van der Waals surface area contributed by atoms with Gasteiger partial charge in [0.1, 0.15) is 5.41 Å². The standard InChI is InChI=1S/C20H30N2O4/c1-14(2)7-11-21-18(23)20(9-10-20)19(24)22-12-8-15-5-6-16(25-3)17(13-15)26-4/h5-6,13-14H,7-12H2,1-4H3,(H,21,23)(H,22,24). The second kappa shape index (κ2) is 8.92. The number of rotatable bonds is 10. The first-order valence-electron chi connectivity index (χ1n) is 9.20. The van der Waals surface area contributed by atoms with E-state index in [1.165, 1.54) is 0 Å². The van der Waals surface area contributed by atoms with Crippen LogP contribution in [0.3, 0.4) is 0 Å². The van der Waals surface area contributed by atoms with Crippen LogP contribution in [0.25, 0.3) is 0 Å². The van der Waals surface area contributed by atoms with Crippen LogP contribution in [0.4, 0.5) is 0 Å². The van der Waals surface area contributed by atoms with Crippen LogP contribution in [0, 0.1) is 11.3 Å². The van der Waals surface area contributed by atoms with E-state index in [1.807, 2.05) is 18.2 Å². The van der Waals surface area contributed by atoms with E-state index < -0.39 is 5.41 Å². The van der Waals surface area contributed by atoms with Crippen molar-refractivity contribution in [2.45, 2.75) is 39.5 Å². The lowest BCUT2D eigenvalue weighted by Crippen LogP contribution is -2.44. The molecule has 0 aliphatic heterocycles. The van der Waals surface area contributed by atoms with Crippen molar-refractivity contribution in [2.24, 2.45) is 11.3 Å². The fraction of sp³-hybridized carbons (Fsp3) is 0.600. The summed E-state index contributed by atoms with van der Waals surface area (Å²) in [5.74, 6) is 1.57. The second-order valence-corrected chi connectivity index (χ2v) is 7.22. The summed E-state index contributed by atoms with van der Waals surface area (Å²) in [6, 6.07) is 5.69. The Morgan fingerprint density at radius 2 is 1.65 bits per heavy atom. The van der Waals surface area contributed by atoms with Crippen LogP contribution in [0.1, 0.15) is 38.7 Å². The van der Waals surface area contributed by atoms with Gasteiger partial charge in [0.05, 0.1) is 14.2 Å². The van der Waals surface area contributed by atoms with Gasteiger partial charge in [-0.05, 0) is 49.3 Å². The predicted molar refractivity (Wildman–Crippen MR) is 100 cm³/mol. The van der Waals surface area contributed by atoms with Gasteiger partial charge < -0.3 is 20.1 Å². The van der Waals surface area contributed by atoms with Crippen molar-refractivity contribution in [1.29, 1.82) is 0 Å².